The van der Waals surface area contributed by atoms with Crippen LogP contribution >= 0.6 is 0 Å². The van der Waals surface area contributed by atoms with Gasteiger partial charge >= 0.3 is 0 Å². The lowest BCUT2D eigenvalue weighted by Gasteiger charge is -2.20. The fourth-order valence-corrected chi connectivity index (χ4v) is 4.24. The van der Waals surface area contributed by atoms with Crippen molar-refractivity contribution < 1.29 is 0 Å². The number of aryl methyl sites for hydroxylation is 1. The summed E-state index contributed by atoms with van der Waals surface area (Å²) in [6.07, 6.45) is 6.08. The number of pyridine rings is 1. The number of nitrogens with zero attached hydrogens (tertiary/aromatic N) is 2. The third-order valence-electron chi connectivity index (χ3n) is 5.53. The zero-order valence-electron chi connectivity index (χ0n) is 17.4. The molecule has 0 spiro atoms. The van der Waals surface area contributed by atoms with Gasteiger partial charge in [-0.3, -0.25) is 9.88 Å². The summed E-state index contributed by atoms with van der Waals surface area (Å²) in [4.78, 5) is 10.6. The highest BCUT2D eigenvalue weighted by molar-refractivity contribution is 5.96. The van der Waals surface area contributed by atoms with Crippen LogP contribution in [-0.4, -0.2) is 21.4 Å². The third kappa shape index (κ3) is 4.10. The molecule has 0 aliphatic carbocycles. The van der Waals surface area contributed by atoms with Gasteiger partial charge in [0.25, 0.3) is 0 Å². The smallest absolute Gasteiger partial charge is 0.0539 e. The second-order valence-corrected chi connectivity index (χ2v) is 7.35. The Morgan fingerprint density at radius 2 is 1.83 bits per heavy atom. The topological polar surface area (TPSA) is 31.9 Å². The van der Waals surface area contributed by atoms with Crippen molar-refractivity contribution in [2.75, 3.05) is 6.54 Å². The molecule has 0 unspecified atom stereocenters. The Bertz CT molecular complexity index is 1050. The Morgan fingerprint density at radius 3 is 2.62 bits per heavy atom. The van der Waals surface area contributed by atoms with Crippen molar-refractivity contribution in [2.24, 2.45) is 0 Å². The van der Waals surface area contributed by atoms with Crippen LogP contribution in [0.5, 0.6) is 0 Å². The molecule has 2 aromatic heterocycles. The van der Waals surface area contributed by atoms with E-state index in [4.69, 9.17) is 0 Å². The predicted molar refractivity (Wildman–Crippen MR) is 122 cm³/mol. The monoisotopic (exact) mass is 383 g/mol. The number of hydrogen-bond acceptors (Lipinski definition) is 2. The number of para-hydroxylation sites is 1. The first kappa shape index (κ1) is 19.4. The van der Waals surface area contributed by atoms with E-state index < -0.39 is 0 Å². The predicted octanol–water partition coefficient (Wildman–Crippen LogP) is 6.20. The van der Waals surface area contributed by atoms with E-state index in [9.17, 15) is 0 Å². The van der Waals surface area contributed by atoms with Gasteiger partial charge in [0, 0.05) is 47.7 Å². The summed E-state index contributed by atoms with van der Waals surface area (Å²) in [7, 11) is 0. The lowest BCUT2D eigenvalue weighted by Crippen LogP contribution is -2.22. The number of rotatable bonds is 3. The van der Waals surface area contributed by atoms with Crippen LogP contribution in [-0.2, 0) is 19.5 Å². The standard InChI is InChI=1S/C24H23N3.C2H6/c1-2-7-18(8-3-1)16-27-14-6-12-23-22(17-27)21-11-4-10-20(24(21)26-23)19-9-5-13-25-15-19;1-2/h1-5,7-11,13,15,26H,6,12,14,16-17H2;1-2H3. The van der Waals surface area contributed by atoms with E-state index in [0.29, 0.717) is 0 Å². The van der Waals surface area contributed by atoms with Gasteiger partial charge in [-0.15, -0.1) is 0 Å². The molecule has 3 heteroatoms. The quantitative estimate of drug-likeness (QED) is 0.456. The van der Waals surface area contributed by atoms with E-state index in [1.54, 1.807) is 0 Å². The van der Waals surface area contributed by atoms with Crippen molar-refractivity contribution in [1.29, 1.82) is 0 Å². The minimum absolute atomic E-state index is 1.00. The summed E-state index contributed by atoms with van der Waals surface area (Å²) < 4.78 is 0. The second kappa shape index (κ2) is 9.06. The highest BCUT2D eigenvalue weighted by Gasteiger charge is 2.20. The first-order valence-electron chi connectivity index (χ1n) is 10.7. The lowest BCUT2D eigenvalue weighted by molar-refractivity contribution is 0.262. The molecule has 3 heterocycles. The molecular formula is C26H29N3. The fourth-order valence-electron chi connectivity index (χ4n) is 4.24. The average molecular weight is 384 g/mol. The maximum Gasteiger partial charge on any atom is 0.0539 e. The van der Waals surface area contributed by atoms with Crippen molar-refractivity contribution in [3.05, 3.63) is 89.9 Å². The van der Waals surface area contributed by atoms with Crippen LogP contribution in [0.3, 0.4) is 0 Å². The van der Waals surface area contributed by atoms with Gasteiger partial charge in [-0.2, -0.15) is 0 Å². The Hall–Kier alpha value is -2.91. The third-order valence-corrected chi connectivity index (χ3v) is 5.53. The number of H-pyrrole nitrogens is 1. The molecule has 29 heavy (non-hydrogen) atoms. The molecule has 1 aliphatic heterocycles. The van der Waals surface area contributed by atoms with Crippen molar-refractivity contribution in [1.82, 2.24) is 14.9 Å². The maximum absolute atomic E-state index is 4.30. The summed E-state index contributed by atoms with van der Waals surface area (Å²) in [5, 5.41) is 1.35. The van der Waals surface area contributed by atoms with E-state index in [0.717, 1.165) is 26.1 Å². The molecule has 4 aromatic rings. The van der Waals surface area contributed by atoms with E-state index in [-0.39, 0.29) is 0 Å². The molecule has 0 bridgehead atoms. The maximum atomic E-state index is 4.30. The molecule has 0 saturated heterocycles. The van der Waals surface area contributed by atoms with Gasteiger partial charge in [-0.25, -0.2) is 0 Å². The van der Waals surface area contributed by atoms with Crippen LogP contribution in [0.15, 0.2) is 73.1 Å². The molecule has 2 aromatic carbocycles. The van der Waals surface area contributed by atoms with E-state index in [1.807, 2.05) is 32.3 Å². The average Bonchev–Trinajstić information content (AvgIpc) is 3.01. The molecule has 3 nitrogen and oxygen atoms in total. The van der Waals surface area contributed by atoms with Gasteiger partial charge in [0.2, 0.25) is 0 Å². The van der Waals surface area contributed by atoms with Crippen molar-refractivity contribution in [3.63, 3.8) is 0 Å². The first-order valence-corrected chi connectivity index (χ1v) is 10.7. The number of aromatic nitrogens is 2. The molecule has 1 aliphatic rings. The minimum Gasteiger partial charge on any atom is -0.358 e. The number of aromatic amines is 1. The number of nitrogens with one attached hydrogen (secondary N) is 1. The van der Waals surface area contributed by atoms with Gasteiger partial charge < -0.3 is 4.98 Å². The molecule has 0 radical (unpaired) electrons. The molecule has 0 fully saturated rings. The van der Waals surface area contributed by atoms with Crippen molar-refractivity contribution in [3.8, 4) is 11.1 Å². The van der Waals surface area contributed by atoms with Crippen molar-refractivity contribution in [2.45, 2.75) is 39.8 Å². The van der Waals surface area contributed by atoms with Gasteiger partial charge in [-0.05, 0) is 36.6 Å². The molecule has 0 atom stereocenters. The van der Waals surface area contributed by atoms with Crippen molar-refractivity contribution >= 4 is 10.9 Å². The van der Waals surface area contributed by atoms with Gasteiger partial charge in [0.15, 0.2) is 0 Å². The zero-order chi connectivity index (χ0) is 20.1. The van der Waals surface area contributed by atoms with Gasteiger partial charge in [0.05, 0.1) is 5.52 Å². The molecule has 5 rings (SSSR count). The molecule has 148 valence electrons. The summed E-state index contributed by atoms with van der Waals surface area (Å²) in [6, 6.07) is 21.6. The number of hydrogen-bond donors (Lipinski definition) is 1. The Balaban J connectivity index is 0.000000994. The van der Waals surface area contributed by atoms with E-state index in [1.165, 1.54) is 45.3 Å². The normalized spacial score (nSPS) is 14.0. The molecule has 0 amide bonds. The number of benzene rings is 2. The zero-order valence-corrected chi connectivity index (χ0v) is 17.4. The molecular weight excluding hydrogens is 354 g/mol. The Kier molecular flexibility index (Phi) is 6.06. The summed E-state index contributed by atoms with van der Waals surface area (Å²) in [6.45, 7) is 7.15. The minimum atomic E-state index is 1.00. The van der Waals surface area contributed by atoms with Crippen LogP contribution < -0.4 is 0 Å². The summed E-state index contributed by atoms with van der Waals surface area (Å²) >= 11 is 0. The highest BCUT2D eigenvalue weighted by Crippen LogP contribution is 2.34. The molecule has 0 saturated carbocycles. The van der Waals surface area contributed by atoms with Gasteiger partial charge in [-0.1, -0.05) is 68.4 Å². The lowest BCUT2D eigenvalue weighted by atomic mass is 10.0. The van der Waals surface area contributed by atoms with Crippen LogP contribution in [0.4, 0.5) is 0 Å². The van der Waals surface area contributed by atoms with Crippen LogP contribution in [0.1, 0.15) is 37.1 Å². The van der Waals surface area contributed by atoms with E-state index in [2.05, 4.69) is 69.5 Å². The van der Waals surface area contributed by atoms with E-state index >= 15 is 0 Å². The van der Waals surface area contributed by atoms with Crippen LogP contribution in [0.2, 0.25) is 0 Å². The summed E-state index contributed by atoms with van der Waals surface area (Å²) in [5.41, 5.74) is 7.90. The largest absolute Gasteiger partial charge is 0.358 e. The molecule has 1 N–H and O–H groups in total. The fraction of sp³-hybridized carbons (Fsp3) is 0.269. The van der Waals surface area contributed by atoms with Crippen LogP contribution in [0.25, 0.3) is 22.0 Å². The van der Waals surface area contributed by atoms with Crippen LogP contribution in [0, 0.1) is 0 Å². The Morgan fingerprint density at radius 1 is 0.966 bits per heavy atom. The second-order valence-electron chi connectivity index (χ2n) is 7.35. The SMILES string of the molecule is CC.c1ccc(CN2CCCc3[nH]c4c(-c5cccnc5)cccc4c3C2)cc1. The number of fused-ring (bicyclic) bond motifs is 3. The first-order chi connectivity index (χ1) is 14.4. The Labute approximate surface area is 173 Å². The highest BCUT2D eigenvalue weighted by atomic mass is 15.1. The van der Waals surface area contributed by atoms with Gasteiger partial charge in [0.1, 0.15) is 0 Å². The summed E-state index contributed by atoms with van der Waals surface area (Å²) in [5.74, 6) is 0.